The van der Waals surface area contributed by atoms with Crippen molar-refractivity contribution < 1.29 is 19.2 Å². The van der Waals surface area contributed by atoms with E-state index in [0.717, 1.165) is 0 Å². The summed E-state index contributed by atoms with van der Waals surface area (Å²) in [6, 6.07) is 0. The maximum atomic E-state index is 11.5. The monoisotopic (exact) mass is 337 g/mol. The second kappa shape index (κ2) is 8.28. The number of nitro groups is 1. The van der Waals surface area contributed by atoms with Crippen molar-refractivity contribution in [2.75, 3.05) is 13.7 Å². The summed E-state index contributed by atoms with van der Waals surface area (Å²) < 4.78 is 10.0. The van der Waals surface area contributed by atoms with Gasteiger partial charge in [0.15, 0.2) is 0 Å². The highest BCUT2D eigenvalue weighted by atomic mass is 16.6. The molecule has 8 heteroatoms. The molecule has 1 amide bonds. The van der Waals surface area contributed by atoms with Crippen molar-refractivity contribution in [2.24, 2.45) is 0 Å². The third kappa shape index (κ3) is 5.86. The molecule has 0 aliphatic rings. The van der Waals surface area contributed by atoms with Gasteiger partial charge in [-0.25, -0.2) is 9.78 Å². The molecule has 0 radical (unpaired) electrons. The van der Waals surface area contributed by atoms with E-state index in [4.69, 9.17) is 9.47 Å². The largest absolute Gasteiger partial charge is 0.476 e. The van der Waals surface area contributed by atoms with Gasteiger partial charge >= 0.3 is 11.8 Å². The first-order valence-electron chi connectivity index (χ1n) is 7.47. The first-order chi connectivity index (χ1) is 11.2. The fraction of sp³-hybridized carbons (Fsp3) is 0.500. The van der Waals surface area contributed by atoms with Crippen LogP contribution >= 0.6 is 0 Å². The average Bonchev–Trinajstić information content (AvgIpc) is 2.45. The molecule has 0 aliphatic carbocycles. The van der Waals surface area contributed by atoms with Crippen molar-refractivity contribution in [1.82, 2.24) is 10.3 Å². The van der Waals surface area contributed by atoms with Crippen LogP contribution in [-0.2, 0) is 4.74 Å². The van der Waals surface area contributed by atoms with E-state index in [1.165, 1.54) is 13.3 Å². The molecule has 1 heterocycles. The molecule has 0 aromatic carbocycles. The Labute approximate surface area is 141 Å². The van der Waals surface area contributed by atoms with E-state index in [2.05, 4.69) is 10.3 Å². The number of methoxy groups -OCH3 is 1. The predicted molar refractivity (Wildman–Crippen MR) is 90.1 cm³/mol. The number of nitrogens with one attached hydrogen (secondary N) is 1. The van der Waals surface area contributed by atoms with Crippen LogP contribution in [0.25, 0.3) is 6.08 Å². The number of rotatable bonds is 6. The molecule has 132 valence electrons. The fourth-order valence-electron chi connectivity index (χ4n) is 1.90. The van der Waals surface area contributed by atoms with Gasteiger partial charge in [0.2, 0.25) is 0 Å². The summed E-state index contributed by atoms with van der Waals surface area (Å²) in [6.45, 7) is 7.41. The van der Waals surface area contributed by atoms with Gasteiger partial charge in [-0.2, -0.15) is 0 Å². The predicted octanol–water partition coefficient (Wildman–Crippen LogP) is 3.23. The zero-order valence-corrected chi connectivity index (χ0v) is 14.6. The number of carbonyl (C=O) groups excluding carboxylic acids is 1. The van der Waals surface area contributed by atoms with Gasteiger partial charge in [-0.05, 0) is 34.1 Å². The SMILES string of the molecule is COc1ncc(C=CCCNC(=O)OC(C)(C)C)c(C)c1[N+](=O)[O-]. The van der Waals surface area contributed by atoms with Crippen LogP contribution in [0.15, 0.2) is 12.3 Å². The molecule has 8 nitrogen and oxygen atoms in total. The van der Waals surface area contributed by atoms with E-state index in [0.29, 0.717) is 24.1 Å². The number of hydrogen-bond acceptors (Lipinski definition) is 6. The first-order valence-corrected chi connectivity index (χ1v) is 7.47. The Bertz CT molecular complexity index is 635. The smallest absolute Gasteiger partial charge is 0.407 e. The van der Waals surface area contributed by atoms with Gasteiger partial charge < -0.3 is 14.8 Å². The maximum absolute atomic E-state index is 11.5. The van der Waals surface area contributed by atoms with Crippen molar-refractivity contribution in [3.8, 4) is 5.88 Å². The Balaban J connectivity index is 2.64. The van der Waals surface area contributed by atoms with Crippen LogP contribution in [-0.4, -0.2) is 35.3 Å². The first kappa shape index (κ1) is 19.4. The van der Waals surface area contributed by atoms with Crippen LogP contribution < -0.4 is 10.1 Å². The Morgan fingerprint density at radius 1 is 1.46 bits per heavy atom. The summed E-state index contributed by atoms with van der Waals surface area (Å²) in [5, 5.41) is 13.8. The number of ether oxygens (including phenoxy) is 2. The van der Waals surface area contributed by atoms with Crippen LogP contribution in [0.1, 0.15) is 38.3 Å². The molecule has 0 bridgehead atoms. The maximum Gasteiger partial charge on any atom is 0.407 e. The Morgan fingerprint density at radius 3 is 2.67 bits per heavy atom. The highest BCUT2D eigenvalue weighted by Crippen LogP contribution is 2.30. The molecule has 0 aliphatic heterocycles. The van der Waals surface area contributed by atoms with Crippen LogP contribution in [0.2, 0.25) is 0 Å². The lowest BCUT2D eigenvalue weighted by Crippen LogP contribution is -2.32. The molecule has 1 N–H and O–H groups in total. The summed E-state index contributed by atoms with van der Waals surface area (Å²) in [5.41, 5.74) is 0.416. The Kier molecular flexibility index (Phi) is 6.69. The summed E-state index contributed by atoms with van der Waals surface area (Å²) in [6.07, 6.45) is 5.12. The van der Waals surface area contributed by atoms with Gasteiger partial charge in [-0.15, -0.1) is 0 Å². The van der Waals surface area contributed by atoms with Gasteiger partial charge in [0.25, 0.3) is 5.88 Å². The topological polar surface area (TPSA) is 104 Å². The normalized spacial score (nSPS) is 11.4. The third-order valence-electron chi connectivity index (χ3n) is 2.96. The van der Waals surface area contributed by atoms with E-state index in [1.807, 2.05) is 0 Å². The molecule has 24 heavy (non-hydrogen) atoms. The average molecular weight is 337 g/mol. The van der Waals surface area contributed by atoms with E-state index in [-0.39, 0.29) is 11.6 Å². The van der Waals surface area contributed by atoms with Crippen LogP contribution in [0.4, 0.5) is 10.5 Å². The number of hydrogen-bond donors (Lipinski definition) is 1. The summed E-state index contributed by atoms with van der Waals surface area (Å²) >= 11 is 0. The standard InChI is InChI=1S/C16H23N3O5/c1-11-12(10-18-14(23-5)13(11)19(21)22)8-6-7-9-17-15(20)24-16(2,3)4/h6,8,10H,7,9H2,1-5H3,(H,17,20). The minimum Gasteiger partial charge on any atom is -0.476 e. The zero-order valence-electron chi connectivity index (χ0n) is 14.6. The number of amides is 1. The molecule has 1 aromatic heterocycles. The van der Waals surface area contributed by atoms with Crippen molar-refractivity contribution >= 4 is 17.9 Å². The second-order valence-electron chi connectivity index (χ2n) is 6.07. The molecule has 0 fully saturated rings. The van der Waals surface area contributed by atoms with E-state index in [1.54, 1.807) is 39.8 Å². The van der Waals surface area contributed by atoms with Crippen molar-refractivity contribution in [3.63, 3.8) is 0 Å². The lowest BCUT2D eigenvalue weighted by Gasteiger charge is -2.19. The zero-order chi connectivity index (χ0) is 18.3. The molecule has 0 atom stereocenters. The number of alkyl carbamates (subject to hydrolysis) is 1. The van der Waals surface area contributed by atoms with Gasteiger partial charge in [0.05, 0.1) is 12.0 Å². The van der Waals surface area contributed by atoms with E-state index < -0.39 is 16.6 Å². The second-order valence-corrected chi connectivity index (χ2v) is 6.07. The van der Waals surface area contributed by atoms with Crippen molar-refractivity contribution in [1.29, 1.82) is 0 Å². The van der Waals surface area contributed by atoms with Gasteiger partial charge in [0.1, 0.15) is 5.60 Å². The van der Waals surface area contributed by atoms with E-state index >= 15 is 0 Å². The minimum atomic E-state index is -0.537. The highest BCUT2D eigenvalue weighted by molar-refractivity contribution is 5.67. The molecule has 0 saturated carbocycles. The Hall–Kier alpha value is -2.64. The van der Waals surface area contributed by atoms with Gasteiger partial charge in [0, 0.05) is 23.9 Å². The fourth-order valence-corrected chi connectivity index (χ4v) is 1.90. The molecular weight excluding hydrogens is 314 g/mol. The highest BCUT2D eigenvalue weighted by Gasteiger charge is 2.21. The molecule has 0 saturated heterocycles. The quantitative estimate of drug-likeness (QED) is 0.485. The van der Waals surface area contributed by atoms with Crippen molar-refractivity contribution in [3.05, 3.63) is 33.5 Å². The summed E-state index contributed by atoms with van der Waals surface area (Å²) in [7, 11) is 1.34. The lowest BCUT2D eigenvalue weighted by atomic mass is 10.1. The number of pyridine rings is 1. The molecule has 1 rings (SSSR count). The number of carbonyl (C=O) groups is 1. The Morgan fingerprint density at radius 2 is 2.12 bits per heavy atom. The van der Waals surface area contributed by atoms with Crippen LogP contribution in [0, 0.1) is 17.0 Å². The third-order valence-corrected chi connectivity index (χ3v) is 2.96. The van der Waals surface area contributed by atoms with E-state index in [9.17, 15) is 14.9 Å². The molecular formula is C16H23N3O5. The number of nitrogens with zero attached hydrogens (tertiary/aromatic N) is 2. The molecule has 1 aromatic rings. The van der Waals surface area contributed by atoms with Gasteiger partial charge in [-0.3, -0.25) is 10.1 Å². The number of aromatic nitrogens is 1. The van der Waals surface area contributed by atoms with Crippen LogP contribution in [0.5, 0.6) is 5.88 Å². The molecule has 0 unspecified atom stereocenters. The van der Waals surface area contributed by atoms with Crippen LogP contribution in [0.3, 0.4) is 0 Å². The van der Waals surface area contributed by atoms with Gasteiger partial charge in [-0.1, -0.05) is 12.2 Å². The minimum absolute atomic E-state index is 0.0127. The lowest BCUT2D eigenvalue weighted by molar-refractivity contribution is -0.386. The summed E-state index contributed by atoms with van der Waals surface area (Å²) in [4.78, 5) is 26.0. The molecule has 0 spiro atoms. The van der Waals surface area contributed by atoms with Crippen molar-refractivity contribution in [2.45, 2.75) is 39.7 Å². The summed E-state index contributed by atoms with van der Waals surface area (Å²) in [5.74, 6) is -0.0127.